The van der Waals surface area contributed by atoms with Crippen molar-refractivity contribution in [3.63, 3.8) is 0 Å². The van der Waals surface area contributed by atoms with Crippen molar-refractivity contribution in [2.24, 2.45) is 5.92 Å². The summed E-state index contributed by atoms with van der Waals surface area (Å²) in [4.78, 5) is 25.1. The minimum atomic E-state index is -0.800. The second-order valence-corrected chi connectivity index (χ2v) is 5.33. The SMILES string of the molecule is CCOC(=O)C(C)(C)N(C)CC(=O)NCC(C)C. The summed E-state index contributed by atoms with van der Waals surface area (Å²) >= 11 is 0. The zero-order valence-electron chi connectivity index (χ0n) is 12.4. The molecule has 1 N–H and O–H groups in total. The lowest BCUT2D eigenvalue weighted by Gasteiger charge is -2.32. The Bertz CT molecular complexity index is 288. The molecule has 0 aliphatic heterocycles. The van der Waals surface area contributed by atoms with Crippen LogP contribution in [0.2, 0.25) is 0 Å². The standard InChI is InChI=1S/C13H26N2O3/c1-7-18-12(17)13(4,5)15(6)9-11(16)14-8-10(2)3/h10H,7-9H2,1-6H3,(H,14,16). The summed E-state index contributed by atoms with van der Waals surface area (Å²) in [7, 11) is 1.74. The van der Waals surface area contributed by atoms with Crippen molar-refractivity contribution in [1.82, 2.24) is 10.2 Å². The molecular weight excluding hydrogens is 232 g/mol. The Balaban J connectivity index is 4.33. The predicted octanol–water partition coefficient (Wildman–Crippen LogP) is 1.03. The Kier molecular flexibility index (Phi) is 6.91. The highest BCUT2D eigenvalue weighted by Gasteiger charge is 2.34. The van der Waals surface area contributed by atoms with E-state index in [9.17, 15) is 9.59 Å². The van der Waals surface area contributed by atoms with Gasteiger partial charge >= 0.3 is 5.97 Å². The number of carbonyl (C=O) groups excluding carboxylic acids is 2. The van der Waals surface area contributed by atoms with Crippen LogP contribution in [-0.4, -0.2) is 49.1 Å². The average molecular weight is 258 g/mol. The van der Waals surface area contributed by atoms with Crippen LogP contribution in [0.1, 0.15) is 34.6 Å². The van der Waals surface area contributed by atoms with E-state index in [4.69, 9.17) is 4.74 Å². The van der Waals surface area contributed by atoms with Crippen molar-refractivity contribution >= 4 is 11.9 Å². The van der Waals surface area contributed by atoms with Gasteiger partial charge in [0.25, 0.3) is 0 Å². The first kappa shape index (κ1) is 16.9. The van der Waals surface area contributed by atoms with Gasteiger partial charge in [-0.15, -0.1) is 0 Å². The van der Waals surface area contributed by atoms with E-state index in [1.54, 1.807) is 32.7 Å². The molecule has 0 unspecified atom stereocenters. The van der Waals surface area contributed by atoms with Gasteiger partial charge in [-0.2, -0.15) is 0 Å². The van der Waals surface area contributed by atoms with Crippen LogP contribution in [0.5, 0.6) is 0 Å². The zero-order chi connectivity index (χ0) is 14.3. The smallest absolute Gasteiger partial charge is 0.325 e. The molecule has 0 saturated carbocycles. The van der Waals surface area contributed by atoms with Gasteiger partial charge in [-0.3, -0.25) is 14.5 Å². The number of nitrogens with zero attached hydrogens (tertiary/aromatic N) is 1. The summed E-state index contributed by atoms with van der Waals surface area (Å²) in [6.45, 7) is 10.5. The lowest BCUT2D eigenvalue weighted by atomic mass is 10.0. The Morgan fingerprint density at radius 1 is 1.33 bits per heavy atom. The molecule has 0 aromatic rings. The summed E-state index contributed by atoms with van der Waals surface area (Å²) in [5, 5.41) is 2.82. The lowest BCUT2D eigenvalue weighted by Crippen LogP contribution is -2.52. The van der Waals surface area contributed by atoms with Crippen LogP contribution in [-0.2, 0) is 14.3 Å². The fourth-order valence-corrected chi connectivity index (χ4v) is 1.25. The molecule has 5 heteroatoms. The van der Waals surface area contributed by atoms with E-state index in [1.807, 2.05) is 13.8 Å². The van der Waals surface area contributed by atoms with Crippen LogP contribution in [0.4, 0.5) is 0 Å². The molecule has 0 radical (unpaired) electrons. The van der Waals surface area contributed by atoms with E-state index in [0.717, 1.165) is 0 Å². The first-order valence-electron chi connectivity index (χ1n) is 6.37. The molecule has 18 heavy (non-hydrogen) atoms. The van der Waals surface area contributed by atoms with Gasteiger partial charge in [-0.1, -0.05) is 13.8 Å². The molecule has 0 aliphatic rings. The van der Waals surface area contributed by atoms with E-state index < -0.39 is 5.54 Å². The third-order valence-corrected chi connectivity index (χ3v) is 2.82. The highest BCUT2D eigenvalue weighted by Crippen LogP contribution is 2.13. The number of esters is 1. The third-order valence-electron chi connectivity index (χ3n) is 2.82. The minimum absolute atomic E-state index is 0.0800. The zero-order valence-corrected chi connectivity index (χ0v) is 12.4. The lowest BCUT2D eigenvalue weighted by molar-refractivity contribution is -0.155. The van der Waals surface area contributed by atoms with Crippen LogP contribution in [0.15, 0.2) is 0 Å². The van der Waals surface area contributed by atoms with E-state index >= 15 is 0 Å². The van der Waals surface area contributed by atoms with Crippen molar-refractivity contribution in [3.05, 3.63) is 0 Å². The number of hydrogen-bond acceptors (Lipinski definition) is 4. The Morgan fingerprint density at radius 2 is 1.89 bits per heavy atom. The Morgan fingerprint density at radius 3 is 2.33 bits per heavy atom. The highest BCUT2D eigenvalue weighted by molar-refractivity contribution is 5.82. The van der Waals surface area contributed by atoms with E-state index in [2.05, 4.69) is 5.32 Å². The molecule has 5 nitrogen and oxygen atoms in total. The van der Waals surface area contributed by atoms with Gasteiger partial charge in [0.1, 0.15) is 5.54 Å². The molecule has 0 atom stereocenters. The number of rotatable bonds is 7. The van der Waals surface area contributed by atoms with E-state index in [1.165, 1.54) is 0 Å². The van der Waals surface area contributed by atoms with Gasteiger partial charge in [0.05, 0.1) is 13.2 Å². The number of carbonyl (C=O) groups is 2. The summed E-state index contributed by atoms with van der Waals surface area (Å²) in [5.74, 6) is 0.0186. The van der Waals surface area contributed by atoms with Gasteiger partial charge in [0, 0.05) is 6.54 Å². The van der Waals surface area contributed by atoms with Gasteiger partial charge in [0.2, 0.25) is 5.91 Å². The number of amides is 1. The maximum atomic E-state index is 11.8. The molecule has 0 aromatic heterocycles. The normalized spacial score (nSPS) is 11.8. The summed E-state index contributed by atoms with van der Waals surface area (Å²) in [5.41, 5.74) is -0.800. The van der Waals surface area contributed by atoms with Crippen LogP contribution in [0.25, 0.3) is 0 Å². The molecule has 0 aromatic carbocycles. The summed E-state index contributed by atoms with van der Waals surface area (Å²) < 4.78 is 5.00. The number of likely N-dealkylation sites (N-methyl/N-ethyl adjacent to an activating group) is 1. The topological polar surface area (TPSA) is 58.6 Å². The van der Waals surface area contributed by atoms with E-state index in [0.29, 0.717) is 19.1 Å². The minimum Gasteiger partial charge on any atom is -0.465 e. The summed E-state index contributed by atoms with van der Waals surface area (Å²) in [6.07, 6.45) is 0. The van der Waals surface area contributed by atoms with Crippen molar-refractivity contribution in [2.75, 3.05) is 26.7 Å². The first-order valence-corrected chi connectivity index (χ1v) is 6.37. The molecular formula is C13H26N2O3. The Hall–Kier alpha value is -1.10. The molecule has 1 amide bonds. The van der Waals surface area contributed by atoms with Crippen molar-refractivity contribution in [2.45, 2.75) is 40.2 Å². The van der Waals surface area contributed by atoms with Crippen molar-refractivity contribution in [3.8, 4) is 0 Å². The largest absolute Gasteiger partial charge is 0.465 e. The molecule has 0 bridgehead atoms. The van der Waals surface area contributed by atoms with Gasteiger partial charge in [0.15, 0.2) is 0 Å². The monoisotopic (exact) mass is 258 g/mol. The highest BCUT2D eigenvalue weighted by atomic mass is 16.5. The van der Waals surface area contributed by atoms with Crippen LogP contribution in [0.3, 0.4) is 0 Å². The molecule has 0 heterocycles. The second-order valence-electron chi connectivity index (χ2n) is 5.33. The van der Waals surface area contributed by atoms with Gasteiger partial charge in [-0.25, -0.2) is 0 Å². The molecule has 106 valence electrons. The molecule has 0 saturated heterocycles. The molecule has 0 rings (SSSR count). The average Bonchev–Trinajstić information content (AvgIpc) is 2.26. The first-order chi connectivity index (χ1) is 8.21. The van der Waals surface area contributed by atoms with Crippen LogP contribution < -0.4 is 5.32 Å². The Labute approximate surface area is 110 Å². The van der Waals surface area contributed by atoms with Crippen LogP contribution >= 0.6 is 0 Å². The van der Waals surface area contributed by atoms with Crippen molar-refractivity contribution < 1.29 is 14.3 Å². The number of ether oxygens (including phenoxy) is 1. The van der Waals surface area contributed by atoms with Crippen molar-refractivity contribution in [1.29, 1.82) is 0 Å². The fourth-order valence-electron chi connectivity index (χ4n) is 1.25. The molecule has 0 aliphatic carbocycles. The molecule has 0 fully saturated rings. The third kappa shape index (κ3) is 5.49. The van der Waals surface area contributed by atoms with Crippen LogP contribution in [0, 0.1) is 5.92 Å². The number of nitrogens with one attached hydrogen (secondary N) is 1. The maximum Gasteiger partial charge on any atom is 0.325 e. The second kappa shape index (κ2) is 7.36. The van der Waals surface area contributed by atoms with Gasteiger partial charge in [-0.05, 0) is 33.7 Å². The molecule has 0 spiro atoms. The van der Waals surface area contributed by atoms with Gasteiger partial charge < -0.3 is 10.1 Å². The van der Waals surface area contributed by atoms with E-state index in [-0.39, 0.29) is 18.4 Å². The fraction of sp³-hybridized carbons (Fsp3) is 0.846. The number of hydrogen-bond donors (Lipinski definition) is 1. The maximum absolute atomic E-state index is 11.8. The predicted molar refractivity (Wildman–Crippen MR) is 71.2 cm³/mol. The summed E-state index contributed by atoms with van der Waals surface area (Å²) in [6, 6.07) is 0. The quantitative estimate of drug-likeness (QED) is 0.693.